The number of ether oxygens (including phenoxy) is 1. The van der Waals surface area contributed by atoms with Crippen LogP contribution in [0.2, 0.25) is 0 Å². The SMILES string of the molecule is COc1ccccc1-n1c(SCc2ccccc2C)nnc1-c1ccco1. The number of aryl methyl sites for hydroxylation is 1. The summed E-state index contributed by atoms with van der Waals surface area (Å²) in [6, 6.07) is 19.9. The Morgan fingerprint density at radius 1 is 1.00 bits per heavy atom. The van der Waals surface area contributed by atoms with Gasteiger partial charge in [-0.3, -0.25) is 4.57 Å². The lowest BCUT2D eigenvalue weighted by Crippen LogP contribution is -2.02. The first-order valence-electron chi connectivity index (χ1n) is 8.58. The maximum Gasteiger partial charge on any atom is 0.205 e. The Bertz CT molecular complexity index is 1040. The molecule has 0 unspecified atom stereocenters. The van der Waals surface area contributed by atoms with E-state index >= 15 is 0 Å². The van der Waals surface area contributed by atoms with E-state index in [1.807, 2.05) is 41.0 Å². The zero-order valence-electron chi connectivity index (χ0n) is 15.1. The molecule has 0 fully saturated rings. The number of benzene rings is 2. The highest BCUT2D eigenvalue weighted by Crippen LogP contribution is 2.33. The van der Waals surface area contributed by atoms with Gasteiger partial charge in [0.2, 0.25) is 5.82 Å². The molecule has 136 valence electrons. The minimum Gasteiger partial charge on any atom is -0.495 e. The maximum atomic E-state index is 5.58. The van der Waals surface area contributed by atoms with Gasteiger partial charge in [0, 0.05) is 5.75 Å². The van der Waals surface area contributed by atoms with Crippen LogP contribution in [0.4, 0.5) is 0 Å². The van der Waals surface area contributed by atoms with Crippen LogP contribution in [0, 0.1) is 6.92 Å². The van der Waals surface area contributed by atoms with Crippen molar-refractivity contribution in [3.8, 4) is 23.0 Å². The third-order valence-electron chi connectivity index (χ3n) is 4.32. The summed E-state index contributed by atoms with van der Waals surface area (Å²) in [6.07, 6.45) is 1.64. The molecule has 6 heteroatoms. The standard InChI is InChI=1S/C21H19N3O2S/c1-15-8-3-4-9-16(15)14-27-21-23-22-20(19-12-7-13-26-19)24(21)17-10-5-6-11-18(17)25-2/h3-13H,14H2,1-2H3. The molecule has 0 N–H and O–H groups in total. The van der Waals surface area contributed by atoms with Gasteiger partial charge in [0.1, 0.15) is 5.75 Å². The van der Waals surface area contributed by atoms with Gasteiger partial charge in [-0.2, -0.15) is 0 Å². The van der Waals surface area contributed by atoms with Crippen molar-refractivity contribution in [2.75, 3.05) is 7.11 Å². The van der Waals surface area contributed by atoms with E-state index in [2.05, 4.69) is 41.4 Å². The minimum atomic E-state index is 0.650. The predicted molar refractivity (Wildman–Crippen MR) is 106 cm³/mol. The molecule has 27 heavy (non-hydrogen) atoms. The fourth-order valence-corrected chi connectivity index (χ4v) is 3.90. The van der Waals surface area contributed by atoms with Gasteiger partial charge in [-0.1, -0.05) is 48.2 Å². The minimum absolute atomic E-state index is 0.650. The van der Waals surface area contributed by atoms with Gasteiger partial charge in [0.15, 0.2) is 10.9 Å². The van der Waals surface area contributed by atoms with Crippen LogP contribution in [0.1, 0.15) is 11.1 Å². The average molecular weight is 377 g/mol. The molecule has 2 aromatic heterocycles. The fraction of sp³-hybridized carbons (Fsp3) is 0.143. The van der Waals surface area contributed by atoms with Gasteiger partial charge in [0.25, 0.3) is 0 Å². The lowest BCUT2D eigenvalue weighted by atomic mass is 10.1. The summed E-state index contributed by atoms with van der Waals surface area (Å²) < 4.78 is 13.1. The van der Waals surface area contributed by atoms with Crippen LogP contribution in [-0.2, 0) is 5.75 Å². The Labute approximate surface area is 162 Å². The highest BCUT2D eigenvalue weighted by molar-refractivity contribution is 7.98. The van der Waals surface area contributed by atoms with Crippen LogP contribution in [0.5, 0.6) is 5.75 Å². The number of rotatable bonds is 6. The number of nitrogens with zero attached hydrogens (tertiary/aromatic N) is 3. The van der Waals surface area contributed by atoms with Crippen LogP contribution in [0.25, 0.3) is 17.3 Å². The number of methoxy groups -OCH3 is 1. The summed E-state index contributed by atoms with van der Waals surface area (Å²) in [5.41, 5.74) is 3.42. The molecule has 4 rings (SSSR count). The number of hydrogen-bond acceptors (Lipinski definition) is 5. The van der Waals surface area contributed by atoms with Crippen LogP contribution in [-0.4, -0.2) is 21.9 Å². The summed E-state index contributed by atoms with van der Waals surface area (Å²) in [6.45, 7) is 2.12. The molecule has 0 radical (unpaired) electrons. The summed E-state index contributed by atoms with van der Waals surface area (Å²) in [4.78, 5) is 0. The van der Waals surface area contributed by atoms with Crippen molar-refractivity contribution in [3.63, 3.8) is 0 Å². The van der Waals surface area contributed by atoms with E-state index in [-0.39, 0.29) is 0 Å². The van der Waals surface area contributed by atoms with E-state index in [1.54, 1.807) is 25.1 Å². The molecule has 2 heterocycles. The lowest BCUT2D eigenvalue weighted by Gasteiger charge is -2.13. The highest BCUT2D eigenvalue weighted by atomic mass is 32.2. The molecule has 0 aliphatic carbocycles. The first-order chi connectivity index (χ1) is 13.3. The monoisotopic (exact) mass is 377 g/mol. The molecule has 0 saturated carbocycles. The van der Waals surface area contributed by atoms with E-state index < -0.39 is 0 Å². The Kier molecular flexibility index (Phi) is 4.98. The smallest absolute Gasteiger partial charge is 0.205 e. The van der Waals surface area contributed by atoms with Crippen molar-refractivity contribution in [2.45, 2.75) is 17.8 Å². The molecule has 0 bridgehead atoms. The van der Waals surface area contributed by atoms with E-state index in [9.17, 15) is 0 Å². The molecule has 0 aliphatic rings. The molecular weight excluding hydrogens is 358 g/mol. The molecule has 0 aliphatic heterocycles. The van der Waals surface area contributed by atoms with Crippen LogP contribution in [0.15, 0.2) is 76.5 Å². The second kappa shape index (κ2) is 7.72. The largest absolute Gasteiger partial charge is 0.495 e. The zero-order chi connectivity index (χ0) is 18.6. The van der Waals surface area contributed by atoms with Crippen molar-refractivity contribution in [1.82, 2.24) is 14.8 Å². The average Bonchev–Trinajstić information content (AvgIpc) is 3.37. The summed E-state index contributed by atoms with van der Waals surface area (Å²) in [5.74, 6) is 2.87. The summed E-state index contributed by atoms with van der Waals surface area (Å²) >= 11 is 1.64. The second-order valence-electron chi connectivity index (χ2n) is 6.01. The quantitative estimate of drug-likeness (QED) is 0.436. The van der Waals surface area contributed by atoms with Crippen molar-refractivity contribution in [1.29, 1.82) is 0 Å². The first-order valence-corrected chi connectivity index (χ1v) is 9.56. The van der Waals surface area contributed by atoms with Crippen LogP contribution < -0.4 is 4.74 Å². The Balaban J connectivity index is 1.77. The van der Waals surface area contributed by atoms with Gasteiger partial charge in [-0.25, -0.2) is 0 Å². The topological polar surface area (TPSA) is 53.1 Å². The molecule has 0 atom stereocenters. The first kappa shape index (κ1) is 17.4. The number of furan rings is 1. The molecule has 5 nitrogen and oxygen atoms in total. The maximum absolute atomic E-state index is 5.58. The normalized spacial score (nSPS) is 10.9. The molecule has 0 saturated heterocycles. The van der Waals surface area contributed by atoms with Crippen molar-refractivity contribution in [2.24, 2.45) is 0 Å². The van der Waals surface area contributed by atoms with Crippen molar-refractivity contribution >= 4 is 11.8 Å². The van der Waals surface area contributed by atoms with Gasteiger partial charge < -0.3 is 9.15 Å². The molecule has 4 aromatic rings. The van der Waals surface area contributed by atoms with Crippen molar-refractivity contribution < 1.29 is 9.15 Å². The van der Waals surface area contributed by atoms with Gasteiger partial charge >= 0.3 is 0 Å². The van der Waals surface area contributed by atoms with Crippen LogP contribution in [0.3, 0.4) is 0 Å². The summed E-state index contributed by atoms with van der Waals surface area (Å²) in [7, 11) is 1.66. The predicted octanol–water partition coefficient (Wildman–Crippen LogP) is 5.14. The van der Waals surface area contributed by atoms with Gasteiger partial charge in [-0.15, -0.1) is 10.2 Å². The van der Waals surface area contributed by atoms with Crippen LogP contribution >= 0.6 is 11.8 Å². The third kappa shape index (κ3) is 3.48. The molecule has 0 spiro atoms. The number of thioether (sulfide) groups is 1. The molecule has 2 aromatic carbocycles. The Morgan fingerprint density at radius 3 is 2.59 bits per heavy atom. The Morgan fingerprint density at radius 2 is 1.81 bits per heavy atom. The van der Waals surface area contributed by atoms with E-state index in [4.69, 9.17) is 9.15 Å². The van der Waals surface area contributed by atoms with Gasteiger partial charge in [-0.05, 0) is 42.3 Å². The fourth-order valence-electron chi connectivity index (χ4n) is 2.87. The third-order valence-corrected chi connectivity index (χ3v) is 5.30. The lowest BCUT2D eigenvalue weighted by molar-refractivity contribution is 0.412. The van der Waals surface area contributed by atoms with Crippen molar-refractivity contribution in [3.05, 3.63) is 78.1 Å². The number of para-hydroxylation sites is 2. The zero-order valence-corrected chi connectivity index (χ0v) is 15.9. The molecule has 0 amide bonds. The van der Waals surface area contributed by atoms with Gasteiger partial charge in [0.05, 0.1) is 19.1 Å². The number of hydrogen-bond donors (Lipinski definition) is 0. The van der Waals surface area contributed by atoms with E-state index in [0.29, 0.717) is 11.6 Å². The summed E-state index contributed by atoms with van der Waals surface area (Å²) in [5, 5.41) is 9.60. The Hall–Kier alpha value is -2.99. The highest BCUT2D eigenvalue weighted by Gasteiger charge is 2.20. The van der Waals surface area contributed by atoms with E-state index in [0.717, 1.165) is 22.3 Å². The molecular formula is C21H19N3O2S. The second-order valence-corrected chi connectivity index (χ2v) is 6.95. The van der Waals surface area contributed by atoms with E-state index in [1.165, 1.54) is 11.1 Å². The number of aromatic nitrogens is 3.